The zero-order valence-electron chi connectivity index (χ0n) is 31.4. The van der Waals surface area contributed by atoms with Crippen LogP contribution in [0.15, 0.2) is 24.3 Å². The van der Waals surface area contributed by atoms with Crippen LogP contribution in [0.4, 0.5) is 0 Å². The second-order valence-corrected chi connectivity index (χ2v) is 14.6. The largest absolute Gasteiger partial charge is 0.472 e. The van der Waals surface area contributed by atoms with Crippen molar-refractivity contribution in [3.05, 3.63) is 24.3 Å². The summed E-state index contributed by atoms with van der Waals surface area (Å²) in [5.41, 5.74) is 5.33. The average molecular weight is 716 g/mol. The summed E-state index contributed by atoms with van der Waals surface area (Å²) >= 11 is 0. The number of phosphoric acid groups is 1. The van der Waals surface area contributed by atoms with E-state index in [0.29, 0.717) is 6.42 Å². The zero-order valence-corrected chi connectivity index (χ0v) is 32.3. The minimum Gasteiger partial charge on any atom is -0.462 e. The molecule has 0 bridgehead atoms. The molecule has 0 saturated heterocycles. The fourth-order valence-electron chi connectivity index (χ4n) is 5.37. The maximum absolute atomic E-state index is 12.5. The number of unbranched alkanes of at least 4 members (excludes halogenated alkanes) is 20. The molecule has 10 heteroatoms. The van der Waals surface area contributed by atoms with Gasteiger partial charge in [-0.3, -0.25) is 18.6 Å². The van der Waals surface area contributed by atoms with Gasteiger partial charge in [0.15, 0.2) is 6.10 Å². The Morgan fingerprint density at radius 2 is 1.06 bits per heavy atom. The number of nitrogens with two attached hydrogens (primary N) is 1. The number of ether oxygens (including phenoxy) is 2. The Morgan fingerprint density at radius 1 is 0.612 bits per heavy atom. The van der Waals surface area contributed by atoms with E-state index in [1.54, 1.807) is 0 Å². The first kappa shape index (κ1) is 47.5. The molecule has 0 aromatic rings. The smallest absolute Gasteiger partial charge is 0.462 e. The number of carbonyl (C=O) groups excluding carboxylic acids is 2. The lowest BCUT2D eigenvalue weighted by Gasteiger charge is -2.19. The van der Waals surface area contributed by atoms with Crippen LogP contribution in [0.2, 0.25) is 0 Å². The van der Waals surface area contributed by atoms with Crippen LogP contribution in [0.5, 0.6) is 0 Å². The molecule has 0 spiro atoms. The molecule has 2 atom stereocenters. The topological polar surface area (TPSA) is 134 Å². The van der Waals surface area contributed by atoms with Crippen LogP contribution in [-0.4, -0.2) is 49.3 Å². The standard InChI is InChI=1S/C39H74NO8P/c1-3-5-7-9-11-13-15-16-17-18-19-20-22-24-26-28-30-32-39(42)48-37(36-47-49(43,44)46-34-33-40)35-45-38(41)31-29-27-25-23-21-14-12-10-8-6-4-2/h11,13,16-17,37H,3-10,12,14-15,18-36,40H2,1-2H3,(H,43,44)/b13-11-,17-16-/t37-/m1/s1. The second-order valence-electron chi connectivity index (χ2n) is 13.2. The second kappa shape index (κ2) is 36.3. The third-order valence-electron chi connectivity index (χ3n) is 8.34. The van der Waals surface area contributed by atoms with E-state index < -0.39 is 26.5 Å². The van der Waals surface area contributed by atoms with Gasteiger partial charge in [0.05, 0.1) is 13.2 Å². The summed E-state index contributed by atoms with van der Waals surface area (Å²) in [6.45, 7) is 3.69. The highest BCUT2D eigenvalue weighted by Gasteiger charge is 2.25. The van der Waals surface area contributed by atoms with Crippen LogP contribution >= 0.6 is 7.82 Å². The van der Waals surface area contributed by atoms with Gasteiger partial charge in [-0.1, -0.05) is 147 Å². The van der Waals surface area contributed by atoms with Crippen molar-refractivity contribution >= 4 is 19.8 Å². The van der Waals surface area contributed by atoms with Crippen molar-refractivity contribution in [3.63, 3.8) is 0 Å². The van der Waals surface area contributed by atoms with E-state index in [1.807, 2.05) is 0 Å². The minimum atomic E-state index is -4.37. The molecule has 9 nitrogen and oxygen atoms in total. The van der Waals surface area contributed by atoms with E-state index >= 15 is 0 Å². The van der Waals surface area contributed by atoms with Gasteiger partial charge in [-0.05, 0) is 44.9 Å². The number of esters is 2. The van der Waals surface area contributed by atoms with Gasteiger partial charge in [-0.15, -0.1) is 0 Å². The Bertz CT molecular complexity index is 866. The van der Waals surface area contributed by atoms with Crippen molar-refractivity contribution < 1.29 is 37.6 Å². The number of hydrogen-bond acceptors (Lipinski definition) is 8. The van der Waals surface area contributed by atoms with Gasteiger partial charge in [-0.2, -0.15) is 0 Å². The molecule has 0 radical (unpaired) electrons. The lowest BCUT2D eigenvalue weighted by Crippen LogP contribution is -2.29. The first-order chi connectivity index (χ1) is 23.8. The minimum absolute atomic E-state index is 0.0533. The average Bonchev–Trinajstić information content (AvgIpc) is 3.08. The molecule has 0 aromatic carbocycles. The molecule has 0 saturated carbocycles. The molecule has 0 aliphatic rings. The predicted molar refractivity (Wildman–Crippen MR) is 201 cm³/mol. The van der Waals surface area contributed by atoms with Crippen LogP contribution in [0.3, 0.4) is 0 Å². The first-order valence-electron chi connectivity index (χ1n) is 19.8. The summed E-state index contributed by atoms with van der Waals surface area (Å²) in [5, 5.41) is 0. The molecular formula is C39H74NO8P. The van der Waals surface area contributed by atoms with Crippen LogP contribution < -0.4 is 5.73 Å². The highest BCUT2D eigenvalue weighted by Crippen LogP contribution is 2.43. The molecule has 49 heavy (non-hydrogen) atoms. The van der Waals surface area contributed by atoms with Crippen LogP contribution in [0, 0.1) is 0 Å². The van der Waals surface area contributed by atoms with Crippen molar-refractivity contribution in [1.29, 1.82) is 0 Å². The Morgan fingerprint density at radius 3 is 1.59 bits per heavy atom. The Balaban J connectivity index is 4.19. The molecule has 0 aliphatic carbocycles. The molecule has 0 aliphatic heterocycles. The van der Waals surface area contributed by atoms with Gasteiger partial charge in [0.2, 0.25) is 0 Å². The molecule has 0 heterocycles. The van der Waals surface area contributed by atoms with Gasteiger partial charge in [0, 0.05) is 19.4 Å². The maximum atomic E-state index is 12.5. The summed E-state index contributed by atoms with van der Waals surface area (Å²) in [6, 6.07) is 0. The van der Waals surface area contributed by atoms with Crippen molar-refractivity contribution in [3.8, 4) is 0 Å². The highest BCUT2D eigenvalue weighted by molar-refractivity contribution is 7.47. The predicted octanol–water partition coefficient (Wildman–Crippen LogP) is 10.8. The highest BCUT2D eigenvalue weighted by atomic mass is 31.2. The number of rotatable bonds is 37. The zero-order chi connectivity index (χ0) is 36.1. The van der Waals surface area contributed by atoms with Crippen LogP contribution in [0.25, 0.3) is 0 Å². The fraction of sp³-hybridized carbons (Fsp3) is 0.846. The van der Waals surface area contributed by atoms with Crippen LogP contribution in [-0.2, 0) is 32.7 Å². The van der Waals surface area contributed by atoms with E-state index in [2.05, 4.69) is 38.2 Å². The monoisotopic (exact) mass is 716 g/mol. The molecule has 0 fully saturated rings. The molecule has 0 aromatic heterocycles. The lowest BCUT2D eigenvalue weighted by molar-refractivity contribution is -0.161. The summed E-state index contributed by atoms with van der Waals surface area (Å²) in [4.78, 5) is 34.7. The van der Waals surface area contributed by atoms with Gasteiger partial charge in [-0.25, -0.2) is 4.57 Å². The summed E-state index contributed by atoms with van der Waals surface area (Å²) in [6.07, 6.45) is 36.3. The van der Waals surface area contributed by atoms with E-state index in [4.69, 9.17) is 24.3 Å². The number of carbonyl (C=O) groups is 2. The van der Waals surface area contributed by atoms with Gasteiger partial charge < -0.3 is 20.1 Å². The van der Waals surface area contributed by atoms with Crippen LogP contribution in [0.1, 0.15) is 181 Å². The molecule has 0 rings (SSSR count). The molecule has 0 amide bonds. The van der Waals surface area contributed by atoms with Gasteiger partial charge >= 0.3 is 19.8 Å². The van der Waals surface area contributed by atoms with E-state index in [-0.39, 0.29) is 38.6 Å². The Labute approximate surface area is 300 Å². The third kappa shape index (κ3) is 36.1. The van der Waals surface area contributed by atoms with E-state index in [9.17, 15) is 19.0 Å². The Hall–Kier alpha value is -1.51. The Kier molecular flexibility index (Phi) is 35.2. The quantitative estimate of drug-likeness (QED) is 0.0279. The summed E-state index contributed by atoms with van der Waals surface area (Å²) < 4.78 is 32.7. The molecule has 1 unspecified atom stereocenters. The van der Waals surface area contributed by atoms with Crippen molar-refractivity contribution in [2.45, 2.75) is 187 Å². The molecule has 3 N–H and O–H groups in total. The van der Waals surface area contributed by atoms with Crippen molar-refractivity contribution in [1.82, 2.24) is 0 Å². The number of hydrogen-bond donors (Lipinski definition) is 2. The van der Waals surface area contributed by atoms with Crippen molar-refractivity contribution in [2.75, 3.05) is 26.4 Å². The SMILES string of the molecule is CCCCC/C=C\C/C=C\CCCCCCCCCC(=O)O[C@H](COC(=O)CCCCCCCCCCCCC)COP(=O)(O)OCCN. The van der Waals surface area contributed by atoms with E-state index in [0.717, 1.165) is 51.4 Å². The van der Waals surface area contributed by atoms with Crippen molar-refractivity contribution in [2.24, 2.45) is 5.73 Å². The maximum Gasteiger partial charge on any atom is 0.472 e. The van der Waals surface area contributed by atoms with E-state index in [1.165, 1.54) is 96.3 Å². The number of phosphoric ester groups is 1. The normalized spacial score (nSPS) is 13.6. The third-order valence-corrected chi connectivity index (χ3v) is 9.32. The summed E-state index contributed by atoms with van der Waals surface area (Å²) in [7, 11) is -4.37. The molecule has 288 valence electrons. The fourth-order valence-corrected chi connectivity index (χ4v) is 6.13. The van der Waals surface area contributed by atoms with Gasteiger partial charge in [0.25, 0.3) is 0 Å². The number of allylic oxidation sites excluding steroid dienone is 4. The molecular weight excluding hydrogens is 641 g/mol. The lowest BCUT2D eigenvalue weighted by atomic mass is 10.1. The first-order valence-corrected chi connectivity index (χ1v) is 21.3. The van der Waals surface area contributed by atoms with Gasteiger partial charge in [0.1, 0.15) is 6.61 Å². The summed E-state index contributed by atoms with van der Waals surface area (Å²) in [5.74, 6) is -0.835.